The molecule has 5 nitrogen and oxygen atoms in total. The molecule has 3 aromatic rings. The molecule has 5 atom stereocenters. The average molecular weight is 549 g/mol. The zero-order valence-corrected chi connectivity index (χ0v) is 20.7. The van der Waals surface area contributed by atoms with E-state index in [1.807, 2.05) is 6.08 Å². The Morgan fingerprint density at radius 3 is 2.31 bits per heavy atom. The van der Waals surface area contributed by atoms with Gasteiger partial charge in [-0.25, -0.2) is 4.79 Å². The second-order valence-corrected chi connectivity index (χ2v) is 10.1. The fourth-order valence-electron chi connectivity index (χ4n) is 6.10. The maximum atomic E-state index is 13.8. The number of amides is 2. The van der Waals surface area contributed by atoms with E-state index in [2.05, 4.69) is 16.5 Å². The van der Waals surface area contributed by atoms with Crippen LogP contribution in [0.25, 0.3) is 10.9 Å². The molecule has 39 heavy (non-hydrogen) atoms. The van der Waals surface area contributed by atoms with Crippen LogP contribution in [0.3, 0.4) is 0 Å². The van der Waals surface area contributed by atoms with E-state index in [1.54, 1.807) is 30.3 Å². The van der Waals surface area contributed by atoms with Crippen LogP contribution in [-0.2, 0) is 12.4 Å². The molecule has 6 rings (SSSR count). The molecule has 3 saturated heterocycles. The van der Waals surface area contributed by atoms with Gasteiger partial charge in [0.2, 0.25) is 0 Å². The number of benzene rings is 2. The van der Waals surface area contributed by atoms with Gasteiger partial charge in [-0.15, -0.1) is 6.58 Å². The van der Waals surface area contributed by atoms with Gasteiger partial charge in [0.25, 0.3) is 0 Å². The Bertz CT molecular complexity index is 1370. The summed E-state index contributed by atoms with van der Waals surface area (Å²) >= 11 is 0. The van der Waals surface area contributed by atoms with Crippen LogP contribution in [0.1, 0.15) is 35.6 Å². The molecule has 0 radical (unpaired) electrons. The Morgan fingerprint density at radius 2 is 1.74 bits per heavy atom. The summed E-state index contributed by atoms with van der Waals surface area (Å²) in [5.41, 5.74) is 3.31. The van der Waals surface area contributed by atoms with Gasteiger partial charge in [-0.2, -0.15) is 26.3 Å². The third-order valence-electron chi connectivity index (χ3n) is 7.89. The number of primary amides is 1. The van der Waals surface area contributed by atoms with Crippen molar-refractivity contribution in [2.45, 2.75) is 37.3 Å². The van der Waals surface area contributed by atoms with Crippen molar-refractivity contribution >= 4 is 22.6 Å². The number of hydrogen-bond donors (Lipinski definition) is 1. The van der Waals surface area contributed by atoms with E-state index in [0.29, 0.717) is 48.1 Å². The first-order valence-corrected chi connectivity index (χ1v) is 12.5. The van der Waals surface area contributed by atoms with E-state index < -0.39 is 47.3 Å². The number of piperidine rings is 3. The van der Waals surface area contributed by atoms with E-state index >= 15 is 0 Å². The van der Waals surface area contributed by atoms with Gasteiger partial charge >= 0.3 is 18.4 Å². The van der Waals surface area contributed by atoms with Crippen molar-refractivity contribution in [1.82, 2.24) is 9.88 Å². The minimum atomic E-state index is -5.08. The van der Waals surface area contributed by atoms with Crippen molar-refractivity contribution in [2.24, 2.45) is 17.6 Å². The van der Waals surface area contributed by atoms with E-state index in [1.165, 1.54) is 6.20 Å². The van der Waals surface area contributed by atoms with Crippen molar-refractivity contribution in [3.8, 4) is 0 Å². The van der Waals surface area contributed by atoms with Crippen molar-refractivity contribution in [1.29, 1.82) is 0 Å². The number of carbonyl (C=O) groups excluding carboxylic acids is 1. The number of pyridine rings is 1. The monoisotopic (exact) mass is 548 g/mol. The number of rotatable bonds is 5. The van der Waals surface area contributed by atoms with E-state index in [4.69, 9.17) is 5.73 Å². The predicted molar refractivity (Wildman–Crippen MR) is 135 cm³/mol. The van der Waals surface area contributed by atoms with Gasteiger partial charge in [0.05, 0.1) is 22.7 Å². The number of carbonyl (C=O) groups is 1. The van der Waals surface area contributed by atoms with Crippen LogP contribution in [-0.4, -0.2) is 35.0 Å². The van der Waals surface area contributed by atoms with Gasteiger partial charge in [0.1, 0.15) is 0 Å². The minimum absolute atomic E-state index is 0.0419. The Morgan fingerprint density at radius 1 is 1.08 bits per heavy atom. The lowest BCUT2D eigenvalue weighted by molar-refractivity contribution is -0.143. The molecule has 2 bridgehead atoms. The van der Waals surface area contributed by atoms with Crippen molar-refractivity contribution in [2.75, 3.05) is 18.0 Å². The zero-order valence-electron chi connectivity index (χ0n) is 20.7. The third-order valence-corrected chi connectivity index (χ3v) is 7.89. The Kier molecular flexibility index (Phi) is 6.82. The van der Waals surface area contributed by atoms with Crippen LogP contribution in [0, 0.1) is 11.8 Å². The highest BCUT2D eigenvalue weighted by Crippen LogP contribution is 2.47. The lowest BCUT2D eigenvalue weighted by Crippen LogP contribution is -2.58. The molecule has 4 unspecified atom stereocenters. The summed E-state index contributed by atoms with van der Waals surface area (Å²) in [5, 5.41) is 0.627. The van der Waals surface area contributed by atoms with Gasteiger partial charge < -0.3 is 5.73 Å². The summed E-state index contributed by atoms with van der Waals surface area (Å²) in [6.07, 6.45) is -5.34. The normalized spacial score (nSPS) is 23.9. The van der Waals surface area contributed by atoms with Crippen molar-refractivity contribution in [3.63, 3.8) is 0 Å². The van der Waals surface area contributed by atoms with E-state index in [-0.39, 0.29) is 17.9 Å². The molecular weight excluding hydrogens is 522 g/mol. The number of anilines is 1. The number of halogens is 6. The number of nitrogens with zero attached hydrogens (tertiary/aromatic N) is 3. The molecule has 3 aliphatic heterocycles. The van der Waals surface area contributed by atoms with Gasteiger partial charge in [-0.1, -0.05) is 24.3 Å². The van der Waals surface area contributed by atoms with Crippen LogP contribution in [0.5, 0.6) is 0 Å². The molecule has 2 N–H and O–H groups in total. The number of nitrogens with two attached hydrogens (primary N) is 1. The fraction of sp³-hybridized carbons (Fsp3) is 0.357. The number of urea groups is 1. The molecule has 0 saturated carbocycles. The maximum Gasteiger partial charge on any atom is 0.416 e. The molecule has 4 heterocycles. The van der Waals surface area contributed by atoms with E-state index in [0.717, 1.165) is 11.3 Å². The van der Waals surface area contributed by atoms with Gasteiger partial charge in [0, 0.05) is 29.9 Å². The average Bonchev–Trinajstić information content (AvgIpc) is 2.90. The quantitative estimate of drug-likeness (QED) is 0.282. The van der Waals surface area contributed by atoms with Crippen LogP contribution < -0.4 is 10.6 Å². The van der Waals surface area contributed by atoms with Crippen LogP contribution >= 0.6 is 0 Å². The number of aromatic nitrogens is 1. The molecule has 2 amide bonds. The number of fused-ring (bicyclic) bond motifs is 4. The first-order valence-electron chi connectivity index (χ1n) is 12.5. The number of para-hydroxylation sites is 1. The zero-order chi connectivity index (χ0) is 28.1. The summed E-state index contributed by atoms with van der Waals surface area (Å²) in [4.78, 5) is 20.4. The second-order valence-electron chi connectivity index (χ2n) is 10.1. The standard InChI is InChI=1S/C28H26F6N4O/c1-2-16-15-37-10-8-17(16)11-24(37)25(22-7-9-36-23-6-4-3-5-21(22)23)38(26(35)39)20-13-18(27(29,30)31)12-19(14-20)28(32,33)34/h2-7,9,12-14,16-17,24-25H,1,8,10-11,15H2,(H2,35,39)/t16?,17?,24?,25-/m1/s1. The molecule has 0 spiro atoms. The second kappa shape index (κ2) is 9.86. The number of alkyl halides is 6. The highest BCUT2D eigenvalue weighted by molar-refractivity contribution is 5.93. The lowest BCUT2D eigenvalue weighted by Gasteiger charge is -2.53. The third kappa shape index (κ3) is 5.07. The largest absolute Gasteiger partial charge is 0.416 e. The summed E-state index contributed by atoms with van der Waals surface area (Å²) in [6.45, 7) is 5.20. The molecule has 1 aromatic heterocycles. The molecule has 3 aliphatic rings. The van der Waals surface area contributed by atoms with Gasteiger partial charge in [-0.05, 0) is 67.1 Å². The van der Waals surface area contributed by atoms with E-state index in [9.17, 15) is 31.1 Å². The SMILES string of the molecule is C=CC1CN2CCC1CC2[C@@H](c1ccnc2ccccc12)N(C(N)=O)c1cc(C(F)(F)F)cc(C(F)(F)F)c1. The summed E-state index contributed by atoms with van der Waals surface area (Å²) in [5.74, 6) is 0.396. The van der Waals surface area contributed by atoms with Crippen LogP contribution in [0.15, 0.2) is 67.4 Å². The topological polar surface area (TPSA) is 62.5 Å². The van der Waals surface area contributed by atoms with Gasteiger partial charge in [-0.3, -0.25) is 14.8 Å². The first-order chi connectivity index (χ1) is 18.4. The van der Waals surface area contributed by atoms with Crippen molar-refractivity contribution in [3.05, 3.63) is 84.1 Å². The van der Waals surface area contributed by atoms with Gasteiger partial charge in [0.15, 0.2) is 0 Å². The molecule has 2 aromatic carbocycles. The molecule has 0 aliphatic carbocycles. The summed E-state index contributed by atoms with van der Waals surface area (Å²) in [6, 6.07) is 7.29. The summed E-state index contributed by atoms with van der Waals surface area (Å²) < 4.78 is 82.6. The highest BCUT2D eigenvalue weighted by Gasteiger charge is 2.46. The Balaban J connectivity index is 1.74. The highest BCUT2D eigenvalue weighted by atomic mass is 19.4. The van der Waals surface area contributed by atoms with Crippen LogP contribution in [0.4, 0.5) is 36.8 Å². The maximum absolute atomic E-state index is 13.8. The molecular formula is C28H26F6N4O. The Labute approximate surface area is 220 Å². The Hall–Kier alpha value is -3.60. The number of hydrogen-bond acceptors (Lipinski definition) is 3. The smallest absolute Gasteiger partial charge is 0.351 e. The first kappa shape index (κ1) is 27.0. The lowest BCUT2D eigenvalue weighted by atomic mass is 9.72. The molecule has 206 valence electrons. The molecule has 3 fully saturated rings. The summed E-state index contributed by atoms with van der Waals surface area (Å²) in [7, 11) is 0. The minimum Gasteiger partial charge on any atom is -0.351 e. The predicted octanol–water partition coefficient (Wildman–Crippen LogP) is 6.80. The van der Waals surface area contributed by atoms with Crippen molar-refractivity contribution < 1.29 is 31.1 Å². The molecule has 11 heteroatoms. The fourth-order valence-corrected chi connectivity index (χ4v) is 6.10. The van der Waals surface area contributed by atoms with Crippen LogP contribution in [0.2, 0.25) is 0 Å².